The molecule has 184 valence electrons. The average molecular weight is 482 g/mol. The zero-order valence-corrected chi connectivity index (χ0v) is 20.8. The number of nitrogens with one attached hydrogen (secondary N) is 1. The fraction of sp³-hybridized carbons (Fsp3) is 0.448. The summed E-state index contributed by atoms with van der Waals surface area (Å²) in [6.45, 7) is 3.79. The average Bonchev–Trinajstić information content (AvgIpc) is 3.38. The minimum absolute atomic E-state index is 0.136. The molecule has 4 fully saturated rings. The van der Waals surface area contributed by atoms with Gasteiger partial charge in [-0.05, 0) is 54.9 Å². The van der Waals surface area contributed by atoms with Crippen LogP contribution in [0.25, 0.3) is 33.5 Å². The molecule has 7 nitrogen and oxygen atoms in total. The molecule has 4 aliphatic rings. The van der Waals surface area contributed by atoms with E-state index in [0.29, 0.717) is 17.5 Å². The second kappa shape index (κ2) is 7.35. The third-order valence-electron chi connectivity index (χ3n) is 9.54. The standard InChI is InChI=1S/C29H31N5O2/c1-32-22-6-4-3-5-17(22)9-24(32)28-31-21-8-19(29(35)33-15-20-7-18-10-23(33)26(18)20)11-25(36-2)27(21)34(28)14-16-12-30-13-16/h3-6,8-9,11,16,18,20,23,26,30H,7,10,12-15H2,1-2H3/t18?,20?,23?,26-/m1/s1. The van der Waals surface area contributed by atoms with Gasteiger partial charge in [0.2, 0.25) is 0 Å². The first-order chi connectivity index (χ1) is 17.6. The van der Waals surface area contributed by atoms with Gasteiger partial charge in [-0.2, -0.15) is 0 Å². The van der Waals surface area contributed by atoms with Crippen LogP contribution in [0.2, 0.25) is 0 Å². The number of methoxy groups -OCH3 is 1. The Balaban J connectivity index is 1.27. The number of amides is 1. The highest BCUT2D eigenvalue weighted by Crippen LogP contribution is 2.60. The fourth-order valence-corrected chi connectivity index (χ4v) is 7.49. The number of rotatable bonds is 5. The third kappa shape index (κ3) is 2.72. The predicted octanol–water partition coefficient (Wildman–Crippen LogP) is 3.90. The SMILES string of the molecule is COc1cc(C(=O)N2CC3CC4CC2[C@H]43)cc2nc(-c3cc4ccccc4n3C)n(CC3CNC3)c12. The molecule has 1 amide bonds. The van der Waals surface area contributed by atoms with Gasteiger partial charge in [0, 0.05) is 61.7 Å². The number of carbonyl (C=O) groups excluding carboxylic acids is 1. The van der Waals surface area contributed by atoms with Crippen molar-refractivity contribution in [2.45, 2.75) is 25.4 Å². The monoisotopic (exact) mass is 481 g/mol. The largest absolute Gasteiger partial charge is 0.494 e. The predicted molar refractivity (Wildman–Crippen MR) is 139 cm³/mol. The summed E-state index contributed by atoms with van der Waals surface area (Å²) in [5.74, 6) is 4.69. The summed E-state index contributed by atoms with van der Waals surface area (Å²) in [4.78, 5) is 21.0. The quantitative estimate of drug-likeness (QED) is 0.470. The molecule has 4 aromatic rings. The number of imidazole rings is 1. The van der Waals surface area contributed by atoms with E-state index in [0.717, 1.165) is 72.2 Å². The van der Waals surface area contributed by atoms with Gasteiger partial charge < -0.3 is 24.1 Å². The van der Waals surface area contributed by atoms with Crippen LogP contribution in [-0.2, 0) is 13.6 Å². The summed E-state index contributed by atoms with van der Waals surface area (Å²) in [5.41, 5.74) is 4.76. The number of hydrogen-bond acceptors (Lipinski definition) is 4. The van der Waals surface area contributed by atoms with Crippen molar-refractivity contribution in [3.8, 4) is 17.3 Å². The second-order valence-electron chi connectivity index (χ2n) is 11.4. The molecule has 7 heteroatoms. The fourth-order valence-electron chi connectivity index (χ4n) is 7.49. The number of carbonyl (C=O) groups is 1. The number of fused-ring (bicyclic) bond motifs is 2. The molecule has 4 heterocycles. The molecule has 1 N–H and O–H groups in total. The zero-order chi connectivity index (χ0) is 24.1. The van der Waals surface area contributed by atoms with Gasteiger partial charge in [-0.15, -0.1) is 0 Å². The highest BCUT2D eigenvalue weighted by molar-refractivity contribution is 6.00. The number of aryl methyl sites for hydroxylation is 1. The van der Waals surface area contributed by atoms with E-state index in [1.165, 1.54) is 23.7 Å². The van der Waals surface area contributed by atoms with E-state index in [1.807, 2.05) is 12.1 Å². The summed E-state index contributed by atoms with van der Waals surface area (Å²) in [7, 11) is 3.81. The summed E-state index contributed by atoms with van der Waals surface area (Å²) in [5, 5.41) is 4.60. The Hall–Kier alpha value is -3.32. The molecule has 0 radical (unpaired) electrons. The van der Waals surface area contributed by atoms with E-state index in [-0.39, 0.29) is 5.91 Å². The smallest absolute Gasteiger partial charge is 0.254 e. The number of para-hydroxylation sites is 1. The first-order valence-corrected chi connectivity index (χ1v) is 13.3. The Bertz CT molecular complexity index is 1550. The van der Waals surface area contributed by atoms with Crippen LogP contribution in [0.4, 0.5) is 0 Å². The molecule has 2 aromatic heterocycles. The highest BCUT2D eigenvalue weighted by Gasteiger charge is 2.61. The van der Waals surface area contributed by atoms with E-state index in [1.54, 1.807) is 7.11 Å². The van der Waals surface area contributed by atoms with Crippen LogP contribution in [-0.4, -0.2) is 57.7 Å². The van der Waals surface area contributed by atoms with E-state index < -0.39 is 0 Å². The van der Waals surface area contributed by atoms with Gasteiger partial charge in [0.1, 0.15) is 11.3 Å². The van der Waals surface area contributed by atoms with Gasteiger partial charge in [-0.25, -0.2) is 4.98 Å². The maximum absolute atomic E-state index is 13.7. The second-order valence-corrected chi connectivity index (χ2v) is 11.4. The molecule has 4 atom stereocenters. The zero-order valence-electron chi connectivity index (χ0n) is 20.8. The van der Waals surface area contributed by atoms with Crippen LogP contribution in [0.15, 0.2) is 42.5 Å². The molecular formula is C29H31N5O2. The molecular weight excluding hydrogens is 450 g/mol. The lowest BCUT2D eigenvalue weighted by Gasteiger charge is -2.52. The molecule has 0 spiro atoms. The van der Waals surface area contributed by atoms with Gasteiger partial charge in [-0.1, -0.05) is 18.2 Å². The van der Waals surface area contributed by atoms with Gasteiger partial charge in [-0.3, -0.25) is 4.79 Å². The summed E-state index contributed by atoms with van der Waals surface area (Å²) in [6, 6.07) is 15.0. The van der Waals surface area contributed by atoms with Gasteiger partial charge >= 0.3 is 0 Å². The molecule has 0 bridgehead atoms. The Kier molecular flexibility index (Phi) is 4.25. The Morgan fingerprint density at radius 2 is 2.00 bits per heavy atom. The van der Waals surface area contributed by atoms with Crippen molar-refractivity contribution in [2.24, 2.45) is 30.7 Å². The molecule has 36 heavy (non-hydrogen) atoms. The maximum Gasteiger partial charge on any atom is 0.254 e. The summed E-state index contributed by atoms with van der Waals surface area (Å²) < 4.78 is 10.5. The van der Waals surface area contributed by atoms with E-state index in [2.05, 4.69) is 56.7 Å². The van der Waals surface area contributed by atoms with Crippen LogP contribution in [0.1, 0.15) is 23.2 Å². The first kappa shape index (κ1) is 20.8. The van der Waals surface area contributed by atoms with Crippen molar-refractivity contribution in [2.75, 3.05) is 26.7 Å². The number of likely N-dealkylation sites (tertiary alicyclic amines) is 1. The molecule has 2 aliphatic heterocycles. The molecule has 3 unspecified atom stereocenters. The number of ether oxygens (including phenoxy) is 1. The Morgan fingerprint density at radius 1 is 1.14 bits per heavy atom. The summed E-state index contributed by atoms with van der Waals surface area (Å²) in [6.07, 6.45) is 2.49. The van der Waals surface area contributed by atoms with Crippen LogP contribution in [0, 0.1) is 23.7 Å². The maximum atomic E-state index is 13.7. The number of aromatic nitrogens is 3. The minimum Gasteiger partial charge on any atom is -0.494 e. The molecule has 2 saturated heterocycles. The van der Waals surface area contributed by atoms with E-state index in [4.69, 9.17) is 9.72 Å². The molecule has 2 saturated carbocycles. The van der Waals surface area contributed by atoms with Gasteiger partial charge in [0.05, 0.1) is 18.3 Å². The number of benzene rings is 2. The van der Waals surface area contributed by atoms with Crippen LogP contribution >= 0.6 is 0 Å². The lowest BCUT2D eigenvalue weighted by atomic mass is 9.53. The molecule has 2 aromatic carbocycles. The van der Waals surface area contributed by atoms with Crippen LogP contribution < -0.4 is 10.1 Å². The summed E-state index contributed by atoms with van der Waals surface area (Å²) >= 11 is 0. The van der Waals surface area contributed by atoms with Crippen molar-refractivity contribution in [1.29, 1.82) is 0 Å². The van der Waals surface area contributed by atoms with Crippen molar-refractivity contribution >= 4 is 27.8 Å². The van der Waals surface area contributed by atoms with Gasteiger partial charge in [0.25, 0.3) is 5.91 Å². The number of nitrogens with zero attached hydrogens (tertiary/aromatic N) is 4. The van der Waals surface area contributed by atoms with Crippen molar-refractivity contribution in [1.82, 2.24) is 24.3 Å². The lowest BCUT2D eigenvalue weighted by Crippen LogP contribution is -2.53. The minimum atomic E-state index is 0.136. The third-order valence-corrected chi connectivity index (χ3v) is 9.54. The van der Waals surface area contributed by atoms with Crippen LogP contribution in [0.5, 0.6) is 5.75 Å². The van der Waals surface area contributed by atoms with Crippen LogP contribution in [0.3, 0.4) is 0 Å². The first-order valence-electron chi connectivity index (χ1n) is 13.3. The van der Waals surface area contributed by atoms with E-state index in [9.17, 15) is 4.79 Å². The topological polar surface area (TPSA) is 64.3 Å². The highest BCUT2D eigenvalue weighted by atomic mass is 16.5. The lowest BCUT2D eigenvalue weighted by molar-refractivity contribution is -0.0204. The molecule has 2 aliphatic carbocycles. The number of hydrogen-bond donors (Lipinski definition) is 1. The van der Waals surface area contributed by atoms with Crippen molar-refractivity contribution in [3.63, 3.8) is 0 Å². The van der Waals surface area contributed by atoms with Crippen molar-refractivity contribution in [3.05, 3.63) is 48.0 Å². The Labute approximate surface area is 210 Å². The normalized spacial score (nSPS) is 26.6. The van der Waals surface area contributed by atoms with E-state index >= 15 is 0 Å². The van der Waals surface area contributed by atoms with Gasteiger partial charge in [0.15, 0.2) is 5.82 Å². The Morgan fingerprint density at radius 3 is 2.72 bits per heavy atom. The van der Waals surface area contributed by atoms with Crippen molar-refractivity contribution < 1.29 is 9.53 Å². The molecule has 8 rings (SSSR count).